The van der Waals surface area contributed by atoms with Crippen molar-refractivity contribution in [1.82, 2.24) is 10.2 Å². The van der Waals surface area contributed by atoms with E-state index < -0.39 is 0 Å². The van der Waals surface area contributed by atoms with Crippen molar-refractivity contribution in [2.45, 2.75) is 38.3 Å². The zero-order valence-electron chi connectivity index (χ0n) is 9.07. The summed E-state index contributed by atoms with van der Waals surface area (Å²) in [5.41, 5.74) is 5.88. The summed E-state index contributed by atoms with van der Waals surface area (Å²) < 4.78 is 0. The lowest BCUT2D eigenvalue weighted by Crippen LogP contribution is -2.40. The molecule has 0 bridgehead atoms. The van der Waals surface area contributed by atoms with Crippen LogP contribution in [0.25, 0.3) is 0 Å². The number of carbonyl (C=O) groups is 1. The van der Waals surface area contributed by atoms with Crippen molar-refractivity contribution in [3.8, 4) is 0 Å². The number of carbonyl (C=O) groups excluding carboxylic acids is 1. The van der Waals surface area contributed by atoms with Crippen molar-refractivity contribution in [3.63, 3.8) is 0 Å². The third-order valence-electron chi connectivity index (χ3n) is 2.78. The molecule has 5 heteroatoms. The van der Waals surface area contributed by atoms with E-state index in [1.165, 1.54) is 12.8 Å². The van der Waals surface area contributed by atoms with E-state index in [4.69, 9.17) is 5.73 Å². The molecule has 1 saturated carbocycles. The van der Waals surface area contributed by atoms with Gasteiger partial charge in [0.15, 0.2) is 5.96 Å². The maximum atomic E-state index is 10.9. The van der Waals surface area contributed by atoms with Gasteiger partial charge in [0.25, 0.3) is 0 Å². The standard InChI is InChI=1S/C10H18N4O/c1-7(15)12-9-4-5-14(6-9)10(11)13-8-2-3-8/h8-9H,2-6H2,1H3,(H2,11,13)(H,12,15). The summed E-state index contributed by atoms with van der Waals surface area (Å²) in [5, 5.41) is 2.90. The molecule has 1 atom stereocenters. The second kappa shape index (κ2) is 4.08. The van der Waals surface area contributed by atoms with Crippen molar-refractivity contribution in [2.75, 3.05) is 13.1 Å². The minimum absolute atomic E-state index is 0.0274. The molecule has 5 nitrogen and oxygen atoms in total. The lowest BCUT2D eigenvalue weighted by atomic mass is 10.3. The van der Waals surface area contributed by atoms with Gasteiger partial charge in [-0.05, 0) is 19.3 Å². The van der Waals surface area contributed by atoms with E-state index in [0.717, 1.165) is 19.5 Å². The highest BCUT2D eigenvalue weighted by Crippen LogP contribution is 2.23. The molecule has 1 amide bonds. The SMILES string of the molecule is CC(=O)NC1CCN(C(N)=NC2CC2)C1. The van der Waals surface area contributed by atoms with E-state index >= 15 is 0 Å². The molecule has 0 aromatic rings. The molecule has 1 unspecified atom stereocenters. The van der Waals surface area contributed by atoms with Crippen LogP contribution in [-0.4, -0.2) is 41.9 Å². The summed E-state index contributed by atoms with van der Waals surface area (Å²) in [5.74, 6) is 0.671. The first kappa shape index (κ1) is 10.3. The molecule has 0 radical (unpaired) electrons. The Morgan fingerprint density at radius 2 is 2.20 bits per heavy atom. The Hall–Kier alpha value is -1.26. The lowest BCUT2D eigenvalue weighted by Gasteiger charge is -2.17. The Morgan fingerprint density at radius 1 is 1.47 bits per heavy atom. The lowest BCUT2D eigenvalue weighted by molar-refractivity contribution is -0.119. The Kier molecular flexibility index (Phi) is 2.79. The molecule has 1 aliphatic heterocycles. The van der Waals surface area contributed by atoms with Gasteiger partial charge in [-0.1, -0.05) is 0 Å². The van der Waals surface area contributed by atoms with Crippen molar-refractivity contribution in [2.24, 2.45) is 10.7 Å². The zero-order valence-corrected chi connectivity index (χ0v) is 9.07. The van der Waals surface area contributed by atoms with Crippen LogP contribution >= 0.6 is 0 Å². The molecule has 0 aromatic heterocycles. The number of hydrogen-bond donors (Lipinski definition) is 2. The molecule has 1 heterocycles. The Labute approximate surface area is 89.7 Å². The van der Waals surface area contributed by atoms with Gasteiger partial charge in [-0.2, -0.15) is 0 Å². The molecular formula is C10H18N4O. The molecule has 0 aromatic carbocycles. The number of nitrogens with one attached hydrogen (secondary N) is 1. The van der Waals surface area contributed by atoms with Gasteiger partial charge in [0.1, 0.15) is 0 Å². The van der Waals surface area contributed by atoms with Gasteiger partial charge in [0, 0.05) is 26.1 Å². The minimum Gasteiger partial charge on any atom is -0.370 e. The number of hydrogen-bond acceptors (Lipinski definition) is 2. The van der Waals surface area contributed by atoms with Gasteiger partial charge in [-0.25, -0.2) is 4.99 Å². The number of aliphatic imine (C=N–C) groups is 1. The van der Waals surface area contributed by atoms with E-state index in [2.05, 4.69) is 15.2 Å². The highest BCUT2D eigenvalue weighted by molar-refractivity contribution is 5.79. The first-order valence-corrected chi connectivity index (χ1v) is 5.50. The van der Waals surface area contributed by atoms with Crippen LogP contribution in [-0.2, 0) is 4.79 Å². The second-order valence-corrected chi connectivity index (χ2v) is 4.35. The predicted molar refractivity (Wildman–Crippen MR) is 58.4 cm³/mol. The second-order valence-electron chi connectivity index (χ2n) is 4.35. The molecule has 0 spiro atoms. The maximum absolute atomic E-state index is 10.9. The van der Waals surface area contributed by atoms with Crippen molar-refractivity contribution < 1.29 is 4.79 Å². The van der Waals surface area contributed by atoms with E-state index in [1.807, 2.05) is 0 Å². The fourth-order valence-corrected chi connectivity index (χ4v) is 1.85. The normalized spacial score (nSPS) is 26.9. The summed E-state index contributed by atoms with van der Waals surface area (Å²) in [4.78, 5) is 17.3. The summed E-state index contributed by atoms with van der Waals surface area (Å²) in [6.45, 7) is 3.24. The molecule has 84 valence electrons. The summed E-state index contributed by atoms with van der Waals surface area (Å²) in [7, 11) is 0. The van der Waals surface area contributed by atoms with Crippen LogP contribution in [0.3, 0.4) is 0 Å². The van der Waals surface area contributed by atoms with Crippen LogP contribution in [0.15, 0.2) is 4.99 Å². The molecule has 2 fully saturated rings. The van der Waals surface area contributed by atoms with Gasteiger partial charge < -0.3 is 16.0 Å². The number of nitrogens with two attached hydrogens (primary N) is 1. The van der Waals surface area contributed by atoms with Gasteiger partial charge in [-0.15, -0.1) is 0 Å². The third kappa shape index (κ3) is 2.84. The number of likely N-dealkylation sites (tertiary alicyclic amines) is 1. The number of guanidine groups is 1. The van der Waals surface area contributed by atoms with Gasteiger partial charge in [0.05, 0.1) is 6.04 Å². The first-order chi connectivity index (χ1) is 7.15. The minimum atomic E-state index is 0.0274. The average Bonchev–Trinajstić information content (AvgIpc) is 2.83. The smallest absolute Gasteiger partial charge is 0.217 e. The van der Waals surface area contributed by atoms with Gasteiger partial charge in [-0.3, -0.25) is 4.79 Å². The highest BCUT2D eigenvalue weighted by atomic mass is 16.1. The Morgan fingerprint density at radius 3 is 2.80 bits per heavy atom. The van der Waals surface area contributed by atoms with Crippen molar-refractivity contribution in [3.05, 3.63) is 0 Å². The van der Waals surface area contributed by atoms with E-state index in [9.17, 15) is 4.79 Å². The number of rotatable bonds is 2. The van der Waals surface area contributed by atoms with Crippen molar-refractivity contribution in [1.29, 1.82) is 0 Å². The van der Waals surface area contributed by atoms with E-state index in [0.29, 0.717) is 12.0 Å². The van der Waals surface area contributed by atoms with Gasteiger partial charge in [0.2, 0.25) is 5.91 Å². The summed E-state index contributed by atoms with van der Waals surface area (Å²) >= 11 is 0. The van der Waals surface area contributed by atoms with E-state index in [-0.39, 0.29) is 11.9 Å². The summed E-state index contributed by atoms with van der Waals surface area (Å²) in [6, 6.07) is 0.695. The Bertz CT molecular complexity index is 285. The van der Waals surface area contributed by atoms with Crippen LogP contribution in [0.1, 0.15) is 26.2 Å². The molecule has 1 saturated heterocycles. The molecular weight excluding hydrogens is 192 g/mol. The molecule has 15 heavy (non-hydrogen) atoms. The van der Waals surface area contributed by atoms with Crippen LogP contribution in [0, 0.1) is 0 Å². The first-order valence-electron chi connectivity index (χ1n) is 5.50. The topological polar surface area (TPSA) is 70.7 Å². The fourth-order valence-electron chi connectivity index (χ4n) is 1.85. The maximum Gasteiger partial charge on any atom is 0.217 e. The van der Waals surface area contributed by atoms with Crippen molar-refractivity contribution >= 4 is 11.9 Å². The van der Waals surface area contributed by atoms with Crippen LogP contribution in [0.2, 0.25) is 0 Å². The largest absolute Gasteiger partial charge is 0.370 e. The van der Waals surface area contributed by atoms with Gasteiger partial charge >= 0.3 is 0 Å². The fraction of sp³-hybridized carbons (Fsp3) is 0.800. The van der Waals surface area contributed by atoms with Crippen LogP contribution < -0.4 is 11.1 Å². The summed E-state index contributed by atoms with van der Waals surface area (Å²) in [6.07, 6.45) is 3.30. The average molecular weight is 210 g/mol. The number of amides is 1. The third-order valence-corrected chi connectivity index (χ3v) is 2.78. The monoisotopic (exact) mass is 210 g/mol. The number of nitrogens with zero attached hydrogens (tertiary/aromatic N) is 2. The van der Waals surface area contributed by atoms with Crippen LogP contribution in [0.4, 0.5) is 0 Å². The predicted octanol–water partition coefficient (Wildman–Crippen LogP) is -0.326. The molecule has 2 rings (SSSR count). The van der Waals surface area contributed by atoms with Crippen LogP contribution in [0.5, 0.6) is 0 Å². The zero-order chi connectivity index (χ0) is 10.8. The molecule has 3 N–H and O–H groups in total. The quantitative estimate of drug-likeness (QED) is 0.484. The highest BCUT2D eigenvalue weighted by Gasteiger charge is 2.26. The van der Waals surface area contributed by atoms with E-state index in [1.54, 1.807) is 6.92 Å². The molecule has 1 aliphatic carbocycles. The molecule has 2 aliphatic rings. The Balaban J connectivity index is 1.83.